The van der Waals surface area contributed by atoms with E-state index in [1.165, 1.54) is 22.9 Å². The van der Waals surface area contributed by atoms with Gasteiger partial charge in [0.15, 0.2) is 5.43 Å². The zero-order valence-corrected chi connectivity index (χ0v) is 15.4. The number of carbonyl (C=O) groups excluding carboxylic acids is 1. The quantitative estimate of drug-likeness (QED) is 0.746. The molecule has 0 aliphatic heterocycles. The number of anilines is 1. The van der Waals surface area contributed by atoms with Crippen molar-refractivity contribution in [3.8, 4) is 5.69 Å². The molecule has 6 nitrogen and oxygen atoms in total. The molecule has 0 radical (unpaired) electrons. The molecule has 0 saturated carbocycles. The molecular formula is C21H21N3O3. The van der Waals surface area contributed by atoms with Crippen LogP contribution in [0.25, 0.3) is 5.69 Å². The smallest absolute Gasteiger partial charge is 0.268 e. The monoisotopic (exact) mass is 363 g/mol. The third-order valence-corrected chi connectivity index (χ3v) is 4.36. The van der Waals surface area contributed by atoms with Crippen molar-refractivity contribution in [3.63, 3.8) is 0 Å². The summed E-state index contributed by atoms with van der Waals surface area (Å²) in [6.07, 6.45) is 3.10. The number of aryl methyl sites for hydroxylation is 1. The van der Waals surface area contributed by atoms with Crippen molar-refractivity contribution in [3.05, 3.63) is 92.1 Å². The van der Waals surface area contributed by atoms with Gasteiger partial charge in [-0.25, -0.2) is 0 Å². The molecule has 3 rings (SSSR count). The fraction of sp³-hybridized carbons (Fsp3) is 0.190. The maximum Gasteiger partial charge on any atom is 0.268 e. The van der Waals surface area contributed by atoms with Gasteiger partial charge in [-0.2, -0.15) is 0 Å². The number of rotatable bonds is 4. The first kappa shape index (κ1) is 18.4. The van der Waals surface area contributed by atoms with Crippen molar-refractivity contribution >= 4 is 11.7 Å². The normalized spacial score (nSPS) is 10.8. The Morgan fingerprint density at radius 3 is 2.59 bits per heavy atom. The van der Waals surface area contributed by atoms with Gasteiger partial charge < -0.3 is 10.3 Å². The van der Waals surface area contributed by atoms with E-state index < -0.39 is 11.5 Å². The van der Waals surface area contributed by atoms with Crippen LogP contribution in [0.3, 0.4) is 0 Å². The second-order valence-electron chi connectivity index (χ2n) is 6.69. The molecule has 138 valence electrons. The first-order valence-corrected chi connectivity index (χ1v) is 8.69. The van der Waals surface area contributed by atoms with E-state index in [4.69, 9.17) is 0 Å². The SMILES string of the molecule is Cc1ccn(-c2cccc(C(C)C)c2)c(=O)c1C(=O)Nc1cc(=O)cc[nH]1. The minimum Gasteiger partial charge on any atom is -0.348 e. The van der Waals surface area contributed by atoms with Gasteiger partial charge in [-0.05, 0) is 42.2 Å². The summed E-state index contributed by atoms with van der Waals surface area (Å²) in [6.45, 7) is 5.87. The average Bonchev–Trinajstić information content (AvgIpc) is 2.62. The van der Waals surface area contributed by atoms with Crippen LogP contribution in [0.5, 0.6) is 0 Å². The van der Waals surface area contributed by atoms with Crippen LogP contribution in [0, 0.1) is 6.92 Å². The zero-order chi connectivity index (χ0) is 19.6. The highest BCUT2D eigenvalue weighted by atomic mass is 16.2. The number of amides is 1. The van der Waals surface area contributed by atoms with E-state index in [2.05, 4.69) is 24.1 Å². The Hall–Kier alpha value is -3.41. The summed E-state index contributed by atoms with van der Waals surface area (Å²) in [5.74, 6) is 0.000923. The van der Waals surface area contributed by atoms with Gasteiger partial charge in [0.1, 0.15) is 11.4 Å². The van der Waals surface area contributed by atoms with Crippen LogP contribution >= 0.6 is 0 Å². The van der Waals surface area contributed by atoms with Gasteiger partial charge >= 0.3 is 0 Å². The standard InChI is InChI=1S/C21H21N3O3/c1-13(2)15-5-4-6-16(11-15)24-10-8-14(3)19(21(24)27)20(26)23-18-12-17(25)7-9-22-18/h4-13H,1-3H3,(H2,22,23,25,26). The van der Waals surface area contributed by atoms with Crippen molar-refractivity contribution in [2.24, 2.45) is 0 Å². The Balaban J connectivity index is 2.03. The predicted molar refractivity (Wildman–Crippen MR) is 106 cm³/mol. The van der Waals surface area contributed by atoms with Crippen LogP contribution in [0.4, 0.5) is 5.82 Å². The lowest BCUT2D eigenvalue weighted by Crippen LogP contribution is -2.29. The minimum absolute atomic E-state index is 0.0390. The van der Waals surface area contributed by atoms with Crippen LogP contribution in [0.2, 0.25) is 0 Å². The molecule has 1 aromatic carbocycles. The number of nitrogens with zero attached hydrogens (tertiary/aromatic N) is 1. The summed E-state index contributed by atoms with van der Waals surface area (Å²) in [6, 6.07) is 12.0. The Bertz CT molecular complexity index is 1110. The first-order valence-electron chi connectivity index (χ1n) is 8.69. The van der Waals surface area contributed by atoms with Crippen LogP contribution in [-0.4, -0.2) is 15.5 Å². The summed E-state index contributed by atoms with van der Waals surface area (Å²) in [7, 11) is 0. The highest BCUT2D eigenvalue weighted by Crippen LogP contribution is 2.18. The molecule has 0 unspecified atom stereocenters. The summed E-state index contributed by atoms with van der Waals surface area (Å²) >= 11 is 0. The lowest BCUT2D eigenvalue weighted by molar-refractivity contribution is 0.102. The molecule has 27 heavy (non-hydrogen) atoms. The molecule has 2 heterocycles. The van der Waals surface area contributed by atoms with Gasteiger partial charge in [0.2, 0.25) is 0 Å². The van der Waals surface area contributed by atoms with Crippen molar-refractivity contribution in [2.75, 3.05) is 5.32 Å². The number of carbonyl (C=O) groups is 1. The predicted octanol–water partition coefficient (Wildman–Crippen LogP) is 3.21. The zero-order valence-electron chi connectivity index (χ0n) is 15.4. The van der Waals surface area contributed by atoms with E-state index >= 15 is 0 Å². The van der Waals surface area contributed by atoms with Gasteiger partial charge in [0, 0.05) is 30.2 Å². The number of hydrogen-bond acceptors (Lipinski definition) is 3. The van der Waals surface area contributed by atoms with Crippen molar-refractivity contribution in [1.29, 1.82) is 0 Å². The fourth-order valence-electron chi connectivity index (χ4n) is 2.84. The maximum absolute atomic E-state index is 13.0. The average molecular weight is 363 g/mol. The first-order chi connectivity index (χ1) is 12.9. The second kappa shape index (κ2) is 7.45. The second-order valence-corrected chi connectivity index (χ2v) is 6.69. The van der Waals surface area contributed by atoms with E-state index in [9.17, 15) is 14.4 Å². The van der Waals surface area contributed by atoms with Crippen LogP contribution in [0.1, 0.15) is 41.3 Å². The third kappa shape index (κ3) is 3.89. The number of benzene rings is 1. The number of pyridine rings is 2. The molecule has 2 aromatic heterocycles. The largest absolute Gasteiger partial charge is 0.348 e. The maximum atomic E-state index is 13.0. The molecule has 0 aliphatic rings. The number of hydrogen-bond donors (Lipinski definition) is 2. The third-order valence-electron chi connectivity index (χ3n) is 4.36. The molecule has 0 saturated heterocycles. The van der Waals surface area contributed by atoms with Crippen LogP contribution in [-0.2, 0) is 0 Å². The van der Waals surface area contributed by atoms with E-state index in [0.29, 0.717) is 17.2 Å². The van der Waals surface area contributed by atoms with E-state index in [1.807, 2.05) is 24.3 Å². The van der Waals surface area contributed by atoms with Gasteiger partial charge in [0.25, 0.3) is 11.5 Å². The van der Waals surface area contributed by atoms with E-state index in [1.54, 1.807) is 19.2 Å². The minimum atomic E-state index is -0.561. The van der Waals surface area contributed by atoms with Gasteiger partial charge in [-0.1, -0.05) is 26.0 Å². The van der Waals surface area contributed by atoms with Gasteiger partial charge in [-0.3, -0.25) is 19.0 Å². The highest BCUT2D eigenvalue weighted by molar-refractivity contribution is 6.04. The number of aromatic nitrogens is 2. The fourth-order valence-corrected chi connectivity index (χ4v) is 2.84. The number of aromatic amines is 1. The molecule has 3 aromatic rings. The highest BCUT2D eigenvalue weighted by Gasteiger charge is 2.17. The van der Waals surface area contributed by atoms with Crippen molar-refractivity contribution < 1.29 is 4.79 Å². The molecular weight excluding hydrogens is 342 g/mol. The summed E-state index contributed by atoms with van der Waals surface area (Å²) < 4.78 is 1.46. The molecule has 6 heteroatoms. The van der Waals surface area contributed by atoms with E-state index in [-0.39, 0.29) is 16.8 Å². The lowest BCUT2D eigenvalue weighted by atomic mass is 10.0. The Kier molecular flexibility index (Phi) is 5.07. The molecule has 0 fully saturated rings. The lowest BCUT2D eigenvalue weighted by Gasteiger charge is -2.13. The summed E-state index contributed by atoms with van der Waals surface area (Å²) in [4.78, 5) is 39.9. The molecule has 1 amide bonds. The van der Waals surface area contributed by atoms with Crippen LogP contribution < -0.4 is 16.3 Å². The molecule has 0 bridgehead atoms. The Morgan fingerprint density at radius 1 is 1.11 bits per heavy atom. The topological polar surface area (TPSA) is 84.0 Å². The van der Waals surface area contributed by atoms with Gasteiger partial charge in [-0.15, -0.1) is 0 Å². The Labute approximate surface area is 156 Å². The Morgan fingerprint density at radius 2 is 1.89 bits per heavy atom. The molecule has 2 N–H and O–H groups in total. The van der Waals surface area contributed by atoms with Crippen LogP contribution in [0.15, 0.2) is 64.4 Å². The van der Waals surface area contributed by atoms with E-state index in [0.717, 1.165) is 5.56 Å². The summed E-state index contributed by atoms with van der Waals surface area (Å²) in [5, 5.41) is 2.58. The van der Waals surface area contributed by atoms with Gasteiger partial charge in [0.05, 0.1) is 0 Å². The van der Waals surface area contributed by atoms with Crippen molar-refractivity contribution in [2.45, 2.75) is 26.7 Å². The van der Waals surface area contributed by atoms with Crippen molar-refractivity contribution in [1.82, 2.24) is 9.55 Å². The number of H-pyrrole nitrogens is 1. The molecule has 0 atom stereocenters. The molecule has 0 aliphatic carbocycles. The summed E-state index contributed by atoms with van der Waals surface area (Å²) in [5.41, 5.74) is 1.76. The molecule has 0 spiro atoms. The number of nitrogens with one attached hydrogen (secondary N) is 2.